The fourth-order valence-electron chi connectivity index (χ4n) is 2.28. The highest BCUT2D eigenvalue weighted by molar-refractivity contribution is 7.89. The van der Waals surface area contributed by atoms with Crippen molar-refractivity contribution in [1.82, 2.24) is 10.0 Å². The summed E-state index contributed by atoms with van der Waals surface area (Å²) in [6.45, 7) is 1.40. The summed E-state index contributed by atoms with van der Waals surface area (Å²) in [5.41, 5.74) is 0. The molecule has 0 amide bonds. The molecule has 2 N–H and O–H groups in total. The third kappa shape index (κ3) is 4.22. The second-order valence-corrected chi connectivity index (χ2v) is 6.48. The van der Waals surface area contributed by atoms with Gasteiger partial charge in [0.1, 0.15) is 10.7 Å². The van der Waals surface area contributed by atoms with Crippen molar-refractivity contribution in [3.63, 3.8) is 0 Å². The maximum absolute atomic E-state index is 14.0. The van der Waals surface area contributed by atoms with Crippen LogP contribution in [0.5, 0.6) is 11.5 Å². The van der Waals surface area contributed by atoms with Gasteiger partial charge < -0.3 is 14.8 Å². The summed E-state index contributed by atoms with van der Waals surface area (Å²) in [7, 11) is -1.22. The molecule has 1 heterocycles. The summed E-state index contributed by atoms with van der Waals surface area (Å²) < 4.78 is 51.1. The molecule has 1 aromatic rings. The van der Waals surface area contributed by atoms with Crippen molar-refractivity contribution in [3.8, 4) is 11.5 Å². The Kier molecular flexibility index (Phi) is 6.86. The molecule has 1 saturated heterocycles. The molecular formula is C13H20ClFN2O4S. The molecule has 0 radical (unpaired) electrons. The summed E-state index contributed by atoms with van der Waals surface area (Å²) in [5.74, 6) is -0.557. The van der Waals surface area contributed by atoms with Gasteiger partial charge in [0.2, 0.25) is 10.0 Å². The standard InChI is InChI=1S/C13H19FN2O4S.ClH/c1-19-11-6-10(14)13(7-12(11)20-2)21(17,18)16-9-4-3-5-15-8-9;/h6-7,9,15-16H,3-5,8H2,1-2H3;1H/t9-;/m0./s1. The Hall–Kier alpha value is -1.09. The van der Waals surface area contributed by atoms with E-state index in [0.29, 0.717) is 6.54 Å². The lowest BCUT2D eigenvalue weighted by Gasteiger charge is -2.23. The van der Waals surface area contributed by atoms with Crippen molar-refractivity contribution in [2.45, 2.75) is 23.8 Å². The van der Waals surface area contributed by atoms with Gasteiger partial charge in [0.25, 0.3) is 0 Å². The van der Waals surface area contributed by atoms with Gasteiger partial charge in [0, 0.05) is 24.7 Å². The second kappa shape index (κ2) is 7.96. The van der Waals surface area contributed by atoms with Crippen molar-refractivity contribution < 1.29 is 22.3 Å². The van der Waals surface area contributed by atoms with E-state index in [1.165, 1.54) is 14.2 Å². The first-order chi connectivity index (χ1) is 9.97. The molecule has 1 fully saturated rings. The van der Waals surface area contributed by atoms with Crippen LogP contribution < -0.4 is 19.5 Å². The van der Waals surface area contributed by atoms with Gasteiger partial charge in [0.15, 0.2) is 11.5 Å². The number of benzene rings is 1. The van der Waals surface area contributed by atoms with E-state index in [-0.39, 0.29) is 29.9 Å². The van der Waals surface area contributed by atoms with E-state index in [9.17, 15) is 12.8 Å². The van der Waals surface area contributed by atoms with Crippen LogP contribution in [0, 0.1) is 5.82 Å². The zero-order valence-electron chi connectivity index (χ0n) is 12.4. The summed E-state index contributed by atoms with van der Waals surface area (Å²) in [6.07, 6.45) is 1.60. The Morgan fingerprint density at radius 3 is 2.45 bits per heavy atom. The van der Waals surface area contributed by atoms with Gasteiger partial charge >= 0.3 is 0 Å². The molecule has 1 atom stereocenters. The Morgan fingerprint density at radius 2 is 1.91 bits per heavy atom. The van der Waals surface area contributed by atoms with Crippen LogP contribution in [0.4, 0.5) is 4.39 Å². The molecule has 0 bridgehead atoms. The molecule has 1 aromatic carbocycles. The number of piperidine rings is 1. The minimum atomic E-state index is -3.95. The van der Waals surface area contributed by atoms with Gasteiger partial charge in [-0.05, 0) is 19.4 Å². The molecular weight excluding hydrogens is 335 g/mol. The lowest BCUT2D eigenvalue weighted by molar-refractivity contribution is 0.350. The quantitative estimate of drug-likeness (QED) is 0.833. The highest BCUT2D eigenvalue weighted by atomic mass is 35.5. The largest absolute Gasteiger partial charge is 0.493 e. The maximum atomic E-state index is 14.0. The first-order valence-electron chi connectivity index (χ1n) is 6.62. The van der Waals surface area contributed by atoms with Crippen molar-refractivity contribution >= 4 is 22.4 Å². The highest BCUT2D eigenvalue weighted by Crippen LogP contribution is 2.31. The predicted molar refractivity (Wildman–Crippen MR) is 83.0 cm³/mol. The van der Waals surface area contributed by atoms with Crippen LogP contribution in [0.15, 0.2) is 17.0 Å². The van der Waals surface area contributed by atoms with Crippen LogP contribution in [0.2, 0.25) is 0 Å². The van der Waals surface area contributed by atoms with E-state index < -0.39 is 20.7 Å². The summed E-state index contributed by atoms with van der Waals surface area (Å²) in [5, 5.41) is 3.10. The van der Waals surface area contributed by atoms with Crippen LogP contribution in [0.25, 0.3) is 0 Å². The zero-order valence-corrected chi connectivity index (χ0v) is 14.0. The molecule has 6 nitrogen and oxygen atoms in total. The topological polar surface area (TPSA) is 76.7 Å². The average Bonchev–Trinajstić information content (AvgIpc) is 2.47. The van der Waals surface area contributed by atoms with Crippen LogP contribution in [0.3, 0.4) is 0 Å². The van der Waals surface area contributed by atoms with Gasteiger partial charge in [-0.25, -0.2) is 17.5 Å². The predicted octanol–water partition coefficient (Wildman–Crippen LogP) is 1.29. The number of rotatable bonds is 5. The maximum Gasteiger partial charge on any atom is 0.243 e. The number of ether oxygens (including phenoxy) is 2. The lowest BCUT2D eigenvalue weighted by Crippen LogP contribution is -2.45. The highest BCUT2D eigenvalue weighted by Gasteiger charge is 2.26. The van der Waals surface area contributed by atoms with E-state index in [1.807, 2.05) is 0 Å². The van der Waals surface area contributed by atoms with Gasteiger partial charge in [-0.1, -0.05) is 0 Å². The zero-order chi connectivity index (χ0) is 15.5. The minimum absolute atomic E-state index is 0. The molecule has 126 valence electrons. The van der Waals surface area contributed by atoms with E-state index >= 15 is 0 Å². The number of hydrogen-bond donors (Lipinski definition) is 2. The van der Waals surface area contributed by atoms with Gasteiger partial charge in [-0.2, -0.15) is 0 Å². The lowest BCUT2D eigenvalue weighted by atomic mass is 10.1. The fourth-order valence-corrected chi connectivity index (χ4v) is 3.62. The molecule has 1 aliphatic rings. The molecule has 1 aliphatic heterocycles. The van der Waals surface area contributed by atoms with E-state index in [0.717, 1.165) is 31.5 Å². The Labute approximate surface area is 135 Å². The Balaban J connectivity index is 0.00000242. The van der Waals surface area contributed by atoms with E-state index in [1.54, 1.807) is 0 Å². The molecule has 0 aliphatic carbocycles. The summed E-state index contributed by atoms with van der Waals surface area (Å²) in [6, 6.07) is 1.90. The molecule has 22 heavy (non-hydrogen) atoms. The molecule has 0 unspecified atom stereocenters. The van der Waals surface area contributed by atoms with Crippen LogP contribution >= 0.6 is 12.4 Å². The van der Waals surface area contributed by atoms with Gasteiger partial charge in [-0.3, -0.25) is 0 Å². The molecule has 2 rings (SSSR count). The molecule has 0 aromatic heterocycles. The third-order valence-corrected chi connectivity index (χ3v) is 4.88. The number of halogens is 2. The van der Waals surface area contributed by atoms with Crippen molar-refractivity contribution in [1.29, 1.82) is 0 Å². The molecule has 0 spiro atoms. The summed E-state index contributed by atoms with van der Waals surface area (Å²) >= 11 is 0. The Bertz CT molecular complexity index is 606. The Morgan fingerprint density at radius 1 is 1.27 bits per heavy atom. The second-order valence-electron chi connectivity index (χ2n) is 4.80. The third-order valence-electron chi connectivity index (χ3n) is 3.35. The van der Waals surface area contributed by atoms with Crippen LogP contribution in [0.1, 0.15) is 12.8 Å². The fraction of sp³-hybridized carbons (Fsp3) is 0.538. The van der Waals surface area contributed by atoms with Crippen molar-refractivity contribution in [2.24, 2.45) is 0 Å². The first kappa shape index (κ1) is 19.0. The van der Waals surface area contributed by atoms with Gasteiger partial charge in [-0.15, -0.1) is 12.4 Å². The normalized spacial score (nSPS) is 18.4. The van der Waals surface area contributed by atoms with E-state index in [4.69, 9.17) is 9.47 Å². The van der Waals surface area contributed by atoms with Crippen LogP contribution in [-0.4, -0.2) is 41.8 Å². The monoisotopic (exact) mass is 354 g/mol. The SMILES string of the molecule is COc1cc(F)c(S(=O)(=O)N[C@H]2CCCNC2)cc1OC.Cl. The summed E-state index contributed by atoms with van der Waals surface area (Å²) in [4.78, 5) is -0.439. The number of methoxy groups -OCH3 is 2. The van der Waals surface area contributed by atoms with E-state index in [2.05, 4.69) is 10.0 Å². The number of nitrogens with one attached hydrogen (secondary N) is 2. The number of hydrogen-bond acceptors (Lipinski definition) is 5. The number of sulfonamides is 1. The van der Waals surface area contributed by atoms with Crippen LogP contribution in [-0.2, 0) is 10.0 Å². The van der Waals surface area contributed by atoms with Crippen molar-refractivity contribution in [3.05, 3.63) is 17.9 Å². The first-order valence-corrected chi connectivity index (χ1v) is 8.11. The smallest absolute Gasteiger partial charge is 0.243 e. The molecule has 0 saturated carbocycles. The molecule has 9 heteroatoms. The van der Waals surface area contributed by atoms with Gasteiger partial charge in [0.05, 0.1) is 14.2 Å². The minimum Gasteiger partial charge on any atom is -0.493 e. The van der Waals surface area contributed by atoms with Crippen molar-refractivity contribution in [2.75, 3.05) is 27.3 Å². The average molecular weight is 355 g/mol.